The van der Waals surface area contributed by atoms with Crippen LogP contribution >= 0.6 is 27.3 Å². The van der Waals surface area contributed by atoms with Crippen LogP contribution in [0.15, 0.2) is 28.7 Å². The molecule has 156 valence electrons. The van der Waals surface area contributed by atoms with Gasteiger partial charge < -0.3 is 19.5 Å². The van der Waals surface area contributed by atoms with Crippen molar-refractivity contribution in [1.29, 1.82) is 0 Å². The van der Waals surface area contributed by atoms with Crippen LogP contribution < -0.4 is 10.1 Å². The fourth-order valence-corrected chi connectivity index (χ4v) is 3.92. The average molecular weight is 484 g/mol. The zero-order valence-corrected chi connectivity index (χ0v) is 18.9. The highest BCUT2D eigenvalue weighted by molar-refractivity contribution is 9.10. The summed E-state index contributed by atoms with van der Waals surface area (Å²) >= 11 is 4.32. The SMILES string of the molecule is CCOC(=O)c1sc(NC(=O)C(C)Oc2cccc(Br)c2)c(C(=O)OCC)c1C. The predicted molar refractivity (Wildman–Crippen MR) is 114 cm³/mol. The number of anilines is 1. The van der Waals surface area contributed by atoms with Crippen molar-refractivity contribution >= 4 is 50.1 Å². The molecule has 2 aromatic rings. The van der Waals surface area contributed by atoms with Gasteiger partial charge in [-0.05, 0) is 51.5 Å². The van der Waals surface area contributed by atoms with Gasteiger partial charge in [0.25, 0.3) is 5.91 Å². The van der Waals surface area contributed by atoms with E-state index in [1.54, 1.807) is 45.9 Å². The van der Waals surface area contributed by atoms with Gasteiger partial charge >= 0.3 is 11.9 Å². The van der Waals surface area contributed by atoms with Gasteiger partial charge in [-0.2, -0.15) is 0 Å². The molecule has 0 saturated heterocycles. The number of esters is 2. The van der Waals surface area contributed by atoms with E-state index < -0.39 is 23.9 Å². The van der Waals surface area contributed by atoms with Crippen molar-refractivity contribution in [3.63, 3.8) is 0 Å². The highest BCUT2D eigenvalue weighted by atomic mass is 79.9. The van der Waals surface area contributed by atoms with Crippen LogP contribution in [-0.4, -0.2) is 37.2 Å². The van der Waals surface area contributed by atoms with Crippen LogP contribution in [0.2, 0.25) is 0 Å². The van der Waals surface area contributed by atoms with Crippen LogP contribution in [0.5, 0.6) is 5.75 Å². The Morgan fingerprint density at radius 1 is 1.14 bits per heavy atom. The average Bonchev–Trinajstić information content (AvgIpc) is 2.98. The number of benzene rings is 1. The van der Waals surface area contributed by atoms with E-state index in [0.29, 0.717) is 11.3 Å². The van der Waals surface area contributed by atoms with Gasteiger partial charge in [0.15, 0.2) is 6.10 Å². The number of carbonyl (C=O) groups is 3. The van der Waals surface area contributed by atoms with E-state index in [1.807, 2.05) is 6.07 Å². The van der Waals surface area contributed by atoms with Crippen molar-refractivity contribution in [3.8, 4) is 5.75 Å². The van der Waals surface area contributed by atoms with Crippen molar-refractivity contribution in [2.24, 2.45) is 0 Å². The first-order chi connectivity index (χ1) is 13.8. The second-order valence-corrected chi connectivity index (χ2v) is 7.84. The second-order valence-electron chi connectivity index (χ2n) is 5.91. The summed E-state index contributed by atoms with van der Waals surface area (Å²) in [6.45, 7) is 6.94. The first-order valence-corrected chi connectivity index (χ1v) is 10.6. The minimum Gasteiger partial charge on any atom is -0.481 e. The minimum atomic E-state index is -0.840. The van der Waals surface area contributed by atoms with Crippen LogP contribution in [0.3, 0.4) is 0 Å². The van der Waals surface area contributed by atoms with E-state index in [-0.39, 0.29) is 28.7 Å². The summed E-state index contributed by atoms with van der Waals surface area (Å²) in [5.74, 6) is -1.12. The Morgan fingerprint density at radius 2 is 1.79 bits per heavy atom. The smallest absolute Gasteiger partial charge is 0.348 e. The van der Waals surface area contributed by atoms with Gasteiger partial charge in [-0.25, -0.2) is 9.59 Å². The van der Waals surface area contributed by atoms with Gasteiger partial charge in [0.2, 0.25) is 0 Å². The van der Waals surface area contributed by atoms with E-state index >= 15 is 0 Å². The lowest BCUT2D eigenvalue weighted by molar-refractivity contribution is -0.122. The molecule has 1 unspecified atom stereocenters. The van der Waals surface area contributed by atoms with Crippen molar-refractivity contribution in [2.75, 3.05) is 18.5 Å². The van der Waals surface area contributed by atoms with Crippen molar-refractivity contribution < 1.29 is 28.6 Å². The zero-order chi connectivity index (χ0) is 21.6. The Hall–Kier alpha value is -2.39. The lowest BCUT2D eigenvalue weighted by atomic mass is 10.1. The van der Waals surface area contributed by atoms with Crippen LogP contribution in [0.25, 0.3) is 0 Å². The number of ether oxygens (including phenoxy) is 3. The molecule has 0 fully saturated rings. The fourth-order valence-electron chi connectivity index (χ4n) is 2.45. The molecule has 7 nitrogen and oxygen atoms in total. The third kappa shape index (κ3) is 5.80. The van der Waals surface area contributed by atoms with Crippen molar-refractivity contribution in [1.82, 2.24) is 0 Å². The number of halogens is 1. The Balaban J connectivity index is 2.27. The highest BCUT2D eigenvalue weighted by Crippen LogP contribution is 2.34. The van der Waals surface area contributed by atoms with Gasteiger partial charge in [-0.15, -0.1) is 11.3 Å². The molecule has 9 heteroatoms. The summed E-state index contributed by atoms with van der Waals surface area (Å²) in [5, 5.41) is 2.90. The highest BCUT2D eigenvalue weighted by Gasteiger charge is 2.28. The van der Waals surface area contributed by atoms with Crippen LogP contribution in [0.4, 0.5) is 5.00 Å². The summed E-state index contributed by atoms with van der Waals surface area (Å²) in [7, 11) is 0. The van der Waals surface area contributed by atoms with Crippen LogP contribution in [0, 0.1) is 6.92 Å². The number of amides is 1. The number of carbonyl (C=O) groups excluding carboxylic acids is 3. The zero-order valence-electron chi connectivity index (χ0n) is 16.5. The molecule has 1 N–H and O–H groups in total. The van der Waals surface area contributed by atoms with E-state index in [0.717, 1.165) is 15.8 Å². The first kappa shape index (κ1) is 22.9. The molecule has 1 aromatic carbocycles. The lowest BCUT2D eigenvalue weighted by Gasteiger charge is -2.15. The summed E-state index contributed by atoms with van der Waals surface area (Å²) in [5.41, 5.74) is 0.547. The largest absolute Gasteiger partial charge is 0.481 e. The monoisotopic (exact) mass is 483 g/mol. The number of rotatable bonds is 8. The maximum Gasteiger partial charge on any atom is 0.348 e. The molecular weight excluding hydrogens is 462 g/mol. The van der Waals surface area contributed by atoms with Gasteiger partial charge in [0.05, 0.1) is 18.8 Å². The van der Waals surface area contributed by atoms with Gasteiger partial charge in [-0.3, -0.25) is 4.79 Å². The lowest BCUT2D eigenvalue weighted by Crippen LogP contribution is -2.30. The fraction of sp³-hybridized carbons (Fsp3) is 0.350. The topological polar surface area (TPSA) is 90.9 Å². The molecule has 1 amide bonds. The molecule has 1 atom stereocenters. The molecule has 0 aliphatic carbocycles. The number of hydrogen-bond donors (Lipinski definition) is 1. The molecule has 0 saturated carbocycles. The van der Waals surface area contributed by atoms with E-state index in [2.05, 4.69) is 21.2 Å². The summed E-state index contributed by atoms with van der Waals surface area (Å²) in [6, 6.07) is 7.10. The van der Waals surface area contributed by atoms with Crippen LogP contribution in [0.1, 0.15) is 46.4 Å². The maximum absolute atomic E-state index is 12.6. The molecule has 29 heavy (non-hydrogen) atoms. The maximum atomic E-state index is 12.6. The van der Waals surface area contributed by atoms with Crippen LogP contribution in [-0.2, 0) is 14.3 Å². The molecule has 2 rings (SSSR count). The predicted octanol–water partition coefficient (Wildman–Crippen LogP) is 4.58. The van der Waals surface area contributed by atoms with E-state index in [9.17, 15) is 14.4 Å². The molecule has 0 aliphatic rings. The second kappa shape index (κ2) is 10.4. The molecular formula is C20H22BrNO6S. The van der Waals surface area contributed by atoms with Crippen molar-refractivity contribution in [2.45, 2.75) is 33.8 Å². The number of thiophene rings is 1. The quantitative estimate of drug-likeness (QED) is 0.552. The minimum absolute atomic E-state index is 0.142. The third-order valence-electron chi connectivity index (χ3n) is 3.80. The Bertz CT molecular complexity index is 910. The van der Waals surface area contributed by atoms with Gasteiger partial charge in [-0.1, -0.05) is 22.0 Å². The number of nitrogens with one attached hydrogen (secondary N) is 1. The third-order valence-corrected chi connectivity index (χ3v) is 5.48. The van der Waals surface area contributed by atoms with Crippen molar-refractivity contribution in [3.05, 3.63) is 44.7 Å². The summed E-state index contributed by atoms with van der Waals surface area (Å²) in [6.07, 6.45) is -0.840. The normalized spacial score (nSPS) is 11.5. The molecule has 0 spiro atoms. The van der Waals surface area contributed by atoms with E-state index in [4.69, 9.17) is 14.2 Å². The summed E-state index contributed by atoms with van der Waals surface area (Å²) in [4.78, 5) is 37.5. The standard InChI is InChI=1S/C20H22BrNO6S/c1-5-26-19(24)15-11(3)16(20(25)27-6-2)29-18(15)22-17(23)12(4)28-14-9-7-8-13(21)10-14/h7-10,12H,5-6H2,1-4H3,(H,22,23). The first-order valence-electron chi connectivity index (χ1n) is 8.99. The molecule has 0 bridgehead atoms. The number of hydrogen-bond acceptors (Lipinski definition) is 7. The Kier molecular flexibility index (Phi) is 8.21. The van der Waals surface area contributed by atoms with Gasteiger partial charge in [0, 0.05) is 4.47 Å². The molecule has 0 radical (unpaired) electrons. The van der Waals surface area contributed by atoms with Gasteiger partial charge in [0.1, 0.15) is 15.6 Å². The van der Waals surface area contributed by atoms with E-state index in [1.165, 1.54) is 0 Å². The molecule has 1 heterocycles. The molecule has 1 aromatic heterocycles. The summed E-state index contributed by atoms with van der Waals surface area (Å²) < 4.78 is 16.6. The molecule has 0 aliphatic heterocycles. The Labute approximate surface area is 181 Å². The Morgan fingerprint density at radius 3 is 2.41 bits per heavy atom.